The molecule has 2 aromatic heterocycles. The SMILES string of the molecule is Cc1c(NC(=O)c2cn3c4c(c(N5CC[NH+](C)CC5)c(F)cc4c2=O)OCN3C)c(=O)n(-c2ccccc2)n1C. The molecular formula is C28H31FN7O4+. The number of nitrogens with one attached hydrogen (secondary N) is 2. The fourth-order valence-corrected chi connectivity index (χ4v) is 5.49. The first-order valence-corrected chi connectivity index (χ1v) is 13.1. The maximum absolute atomic E-state index is 15.6. The van der Waals surface area contributed by atoms with Crippen LogP contribution in [0.3, 0.4) is 0 Å². The highest BCUT2D eigenvalue weighted by Crippen LogP contribution is 2.40. The predicted molar refractivity (Wildman–Crippen MR) is 150 cm³/mol. The molecule has 0 spiro atoms. The Balaban J connectivity index is 1.45. The van der Waals surface area contributed by atoms with Crippen LogP contribution in [0.5, 0.6) is 5.75 Å². The van der Waals surface area contributed by atoms with Crippen molar-refractivity contribution in [2.45, 2.75) is 6.92 Å². The quantitative estimate of drug-likeness (QED) is 0.384. The molecule has 0 radical (unpaired) electrons. The zero-order chi connectivity index (χ0) is 28.3. The molecule has 11 nitrogen and oxygen atoms in total. The van der Waals surface area contributed by atoms with Crippen LogP contribution in [0, 0.1) is 12.7 Å². The number of carbonyl (C=O) groups excluding carboxylic acids is 1. The highest BCUT2D eigenvalue weighted by atomic mass is 19.1. The van der Waals surface area contributed by atoms with E-state index in [9.17, 15) is 14.4 Å². The van der Waals surface area contributed by atoms with Crippen molar-refractivity contribution in [3.05, 3.63) is 80.2 Å². The molecule has 0 aliphatic carbocycles. The van der Waals surface area contributed by atoms with Crippen LogP contribution in [0.4, 0.5) is 15.8 Å². The van der Waals surface area contributed by atoms with Crippen LogP contribution >= 0.6 is 0 Å². The van der Waals surface area contributed by atoms with E-state index in [1.807, 2.05) is 23.1 Å². The molecule has 2 aromatic carbocycles. The van der Waals surface area contributed by atoms with Crippen LogP contribution in [-0.4, -0.2) is 67.0 Å². The minimum absolute atomic E-state index is 0.0293. The number of halogens is 1. The number of aromatic nitrogens is 3. The molecule has 2 aliphatic rings. The first-order chi connectivity index (χ1) is 19.2. The smallest absolute Gasteiger partial charge is 0.295 e. The van der Waals surface area contributed by atoms with Crippen LogP contribution in [0.25, 0.3) is 16.6 Å². The van der Waals surface area contributed by atoms with Gasteiger partial charge in [0, 0.05) is 20.3 Å². The van der Waals surface area contributed by atoms with Gasteiger partial charge in [-0.2, -0.15) is 0 Å². The number of pyridine rings is 1. The van der Waals surface area contributed by atoms with Gasteiger partial charge in [0.1, 0.15) is 22.5 Å². The van der Waals surface area contributed by atoms with Gasteiger partial charge in [0.15, 0.2) is 18.3 Å². The number of carbonyl (C=O) groups is 1. The lowest BCUT2D eigenvalue weighted by Crippen LogP contribution is -3.12. The van der Waals surface area contributed by atoms with Crippen molar-refractivity contribution in [3.8, 4) is 11.4 Å². The van der Waals surface area contributed by atoms with Gasteiger partial charge >= 0.3 is 0 Å². The third-order valence-corrected chi connectivity index (χ3v) is 7.89. The number of nitrogens with zero attached hydrogens (tertiary/aromatic N) is 5. The first-order valence-electron chi connectivity index (χ1n) is 13.1. The Hall–Kier alpha value is -4.58. The molecule has 1 fully saturated rings. The zero-order valence-corrected chi connectivity index (χ0v) is 22.8. The van der Waals surface area contributed by atoms with E-state index in [1.165, 1.54) is 21.8 Å². The van der Waals surface area contributed by atoms with E-state index < -0.39 is 22.7 Å². The average Bonchev–Trinajstić information content (AvgIpc) is 3.15. The van der Waals surface area contributed by atoms with Gasteiger partial charge in [0.05, 0.1) is 50.0 Å². The number of hydrogen-bond acceptors (Lipinski definition) is 6. The average molecular weight is 549 g/mol. The summed E-state index contributed by atoms with van der Waals surface area (Å²) in [6.07, 6.45) is 1.43. The number of amides is 1. The third kappa shape index (κ3) is 3.94. The molecule has 208 valence electrons. The van der Waals surface area contributed by atoms with Gasteiger partial charge in [0.25, 0.3) is 11.5 Å². The second-order valence-electron chi connectivity index (χ2n) is 10.4. The van der Waals surface area contributed by atoms with Crippen molar-refractivity contribution < 1.29 is 18.8 Å². The van der Waals surface area contributed by atoms with Crippen LogP contribution in [-0.2, 0) is 7.05 Å². The molecule has 4 aromatic rings. The number of para-hydroxylation sites is 1. The minimum Gasteiger partial charge on any atom is -0.467 e. The summed E-state index contributed by atoms with van der Waals surface area (Å²) in [5.74, 6) is -1.03. The lowest BCUT2D eigenvalue weighted by Gasteiger charge is -2.36. The fourth-order valence-electron chi connectivity index (χ4n) is 5.49. The molecule has 0 unspecified atom stereocenters. The monoisotopic (exact) mass is 548 g/mol. The molecule has 0 saturated carbocycles. The molecule has 2 N–H and O–H groups in total. The molecule has 1 saturated heterocycles. The first kappa shape index (κ1) is 25.7. The Labute approximate surface area is 229 Å². The maximum Gasteiger partial charge on any atom is 0.295 e. The number of hydrogen-bond donors (Lipinski definition) is 2. The largest absolute Gasteiger partial charge is 0.467 e. The number of quaternary nitrogens is 1. The van der Waals surface area contributed by atoms with Gasteiger partial charge in [-0.15, -0.1) is 0 Å². The summed E-state index contributed by atoms with van der Waals surface area (Å²) in [7, 11) is 5.56. The highest BCUT2D eigenvalue weighted by Gasteiger charge is 2.31. The summed E-state index contributed by atoms with van der Waals surface area (Å²) in [4.78, 5) is 43.8. The minimum atomic E-state index is -0.755. The van der Waals surface area contributed by atoms with Crippen molar-refractivity contribution >= 4 is 28.2 Å². The zero-order valence-electron chi connectivity index (χ0n) is 22.8. The lowest BCUT2D eigenvalue weighted by atomic mass is 10.1. The standard InChI is InChI=1S/C28H30FN7O4/c1-17-22(28(39)36(33(17)4)18-8-6-5-7-9-18)30-27(38)20-15-35-23-19(25(20)37)14-21(29)24(26(23)40-16-32(35)3)34-12-10-31(2)11-13-34/h5-9,14-15H,10-13,16H2,1-4H3,(H,30,38)/p+1. The summed E-state index contributed by atoms with van der Waals surface area (Å²) in [6.45, 7) is 4.83. The number of benzene rings is 2. The van der Waals surface area contributed by atoms with Gasteiger partial charge < -0.3 is 19.9 Å². The summed E-state index contributed by atoms with van der Waals surface area (Å²) in [5.41, 5.74) is 0.661. The number of anilines is 2. The van der Waals surface area contributed by atoms with Crippen LogP contribution in [0.1, 0.15) is 16.1 Å². The molecule has 0 bridgehead atoms. The molecule has 2 aliphatic heterocycles. The van der Waals surface area contributed by atoms with E-state index in [-0.39, 0.29) is 23.4 Å². The molecule has 1 amide bonds. The molecule has 0 atom stereocenters. The number of likely N-dealkylation sites (N-methyl/N-ethyl adjacent to an activating group) is 1. The Morgan fingerprint density at radius 3 is 2.50 bits per heavy atom. The number of piperazine rings is 1. The van der Waals surface area contributed by atoms with Crippen molar-refractivity contribution in [1.29, 1.82) is 0 Å². The van der Waals surface area contributed by atoms with Crippen molar-refractivity contribution in [1.82, 2.24) is 14.0 Å². The van der Waals surface area contributed by atoms with E-state index in [0.717, 1.165) is 13.1 Å². The summed E-state index contributed by atoms with van der Waals surface area (Å²) in [6, 6.07) is 10.2. The van der Waals surface area contributed by atoms with Crippen molar-refractivity contribution in [2.24, 2.45) is 7.05 Å². The molecule has 40 heavy (non-hydrogen) atoms. The fraction of sp³-hybridized carbons (Fsp3) is 0.321. The Kier molecular flexibility index (Phi) is 6.14. The second kappa shape index (κ2) is 9.56. The summed E-state index contributed by atoms with van der Waals surface area (Å²) < 4.78 is 26.3. The van der Waals surface area contributed by atoms with E-state index in [4.69, 9.17) is 4.74 Å². The Morgan fingerprint density at radius 1 is 1.10 bits per heavy atom. The van der Waals surface area contributed by atoms with Gasteiger partial charge in [-0.25, -0.2) is 9.07 Å². The Bertz CT molecular complexity index is 1770. The molecular weight excluding hydrogens is 517 g/mol. The van der Waals surface area contributed by atoms with Gasteiger partial charge in [-0.05, 0) is 25.1 Å². The summed E-state index contributed by atoms with van der Waals surface area (Å²) >= 11 is 0. The van der Waals surface area contributed by atoms with Crippen LogP contribution < -0.4 is 35.9 Å². The summed E-state index contributed by atoms with van der Waals surface area (Å²) in [5, 5.41) is 4.37. The van der Waals surface area contributed by atoms with Gasteiger partial charge in [0.2, 0.25) is 5.43 Å². The van der Waals surface area contributed by atoms with E-state index in [0.29, 0.717) is 41.4 Å². The third-order valence-electron chi connectivity index (χ3n) is 7.89. The van der Waals surface area contributed by atoms with E-state index in [2.05, 4.69) is 12.4 Å². The highest BCUT2D eigenvalue weighted by molar-refractivity contribution is 6.07. The van der Waals surface area contributed by atoms with Gasteiger partial charge in [-0.1, -0.05) is 18.2 Å². The van der Waals surface area contributed by atoms with Crippen molar-refractivity contribution in [3.63, 3.8) is 0 Å². The predicted octanol–water partition coefficient (Wildman–Crippen LogP) is 0.443. The maximum atomic E-state index is 15.6. The molecule has 4 heterocycles. The van der Waals surface area contributed by atoms with E-state index >= 15 is 4.39 Å². The van der Waals surface area contributed by atoms with Crippen LogP contribution in [0.15, 0.2) is 52.2 Å². The number of ether oxygens (including phenoxy) is 1. The van der Waals surface area contributed by atoms with Crippen LogP contribution in [0.2, 0.25) is 0 Å². The van der Waals surface area contributed by atoms with Crippen molar-refractivity contribution in [2.75, 3.05) is 62.2 Å². The topological polar surface area (TPSA) is 98.2 Å². The van der Waals surface area contributed by atoms with Gasteiger partial charge in [-0.3, -0.25) is 28.8 Å². The second-order valence-corrected chi connectivity index (χ2v) is 10.4. The molecule has 6 rings (SSSR count). The Morgan fingerprint density at radius 2 is 1.80 bits per heavy atom. The van der Waals surface area contributed by atoms with E-state index in [1.54, 1.807) is 47.5 Å². The number of rotatable bonds is 4. The lowest BCUT2D eigenvalue weighted by molar-refractivity contribution is -0.880. The normalized spacial score (nSPS) is 15.4. The molecule has 12 heteroatoms.